The molecule has 29 heavy (non-hydrogen) atoms. The Morgan fingerprint density at radius 2 is 1.69 bits per heavy atom. The number of nitrogens with zero attached hydrogens (tertiary/aromatic N) is 3. The van der Waals surface area contributed by atoms with E-state index < -0.39 is 0 Å². The van der Waals surface area contributed by atoms with Crippen LogP contribution in [0.15, 0.2) is 66.7 Å². The fourth-order valence-corrected chi connectivity index (χ4v) is 2.94. The molecule has 4 aromatic rings. The van der Waals surface area contributed by atoms with Crippen molar-refractivity contribution in [3.63, 3.8) is 0 Å². The van der Waals surface area contributed by atoms with Crippen LogP contribution in [0.2, 0.25) is 5.02 Å². The molecule has 1 N–H and O–H groups in total. The molecule has 0 saturated carbocycles. The van der Waals surface area contributed by atoms with Gasteiger partial charge in [0.1, 0.15) is 16.9 Å². The molecule has 0 unspecified atom stereocenters. The van der Waals surface area contributed by atoms with Crippen LogP contribution in [-0.2, 0) is 4.79 Å². The molecule has 5 nitrogen and oxygen atoms in total. The molecular weight excluding hydrogens is 391 g/mol. The fraction of sp³-hybridized carbons (Fsp3) is 0.0455. The predicted molar refractivity (Wildman–Crippen MR) is 113 cm³/mol. The molecule has 1 aromatic heterocycles. The van der Waals surface area contributed by atoms with Crippen LogP contribution in [0, 0.1) is 12.7 Å². The van der Waals surface area contributed by atoms with Crippen molar-refractivity contribution >= 4 is 40.3 Å². The first-order chi connectivity index (χ1) is 14.0. The molecule has 0 aliphatic rings. The van der Waals surface area contributed by atoms with Gasteiger partial charge in [-0.05, 0) is 72.7 Å². The Balaban J connectivity index is 1.55. The first kappa shape index (κ1) is 18.8. The lowest BCUT2D eigenvalue weighted by atomic mass is 10.1. The Morgan fingerprint density at radius 1 is 1.03 bits per heavy atom. The Bertz CT molecular complexity index is 1210. The monoisotopic (exact) mass is 406 g/mol. The Kier molecular flexibility index (Phi) is 5.10. The van der Waals surface area contributed by atoms with Gasteiger partial charge in [0.15, 0.2) is 0 Å². The van der Waals surface area contributed by atoms with E-state index in [1.54, 1.807) is 36.4 Å². The highest BCUT2D eigenvalue weighted by Gasteiger charge is 2.10. The molecule has 0 atom stereocenters. The maximum Gasteiger partial charge on any atom is 0.248 e. The van der Waals surface area contributed by atoms with Gasteiger partial charge in [0, 0.05) is 16.8 Å². The number of amides is 1. The van der Waals surface area contributed by atoms with Crippen molar-refractivity contribution < 1.29 is 9.18 Å². The number of benzene rings is 3. The maximum absolute atomic E-state index is 13.1. The summed E-state index contributed by atoms with van der Waals surface area (Å²) >= 11 is 5.86. The van der Waals surface area contributed by atoms with Crippen LogP contribution in [0.5, 0.6) is 0 Å². The molecule has 0 spiro atoms. The lowest BCUT2D eigenvalue weighted by Gasteiger charge is -2.05. The van der Waals surface area contributed by atoms with Crippen LogP contribution in [0.25, 0.3) is 22.8 Å². The van der Waals surface area contributed by atoms with Gasteiger partial charge < -0.3 is 5.32 Å². The highest BCUT2D eigenvalue weighted by Crippen LogP contribution is 2.22. The highest BCUT2D eigenvalue weighted by molar-refractivity contribution is 6.30. The average Bonchev–Trinajstić information content (AvgIpc) is 3.11. The van der Waals surface area contributed by atoms with E-state index in [-0.39, 0.29) is 11.7 Å². The molecule has 0 saturated heterocycles. The van der Waals surface area contributed by atoms with E-state index >= 15 is 0 Å². The topological polar surface area (TPSA) is 59.8 Å². The van der Waals surface area contributed by atoms with E-state index in [0.717, 1.165) is 11.1 Å². The van der Waals surface area contributed by atoms with Gasteiger partial charge in [-0.25, -0.2) is 4.39 Å². The van der Waals surface area contributed by atoms with E-state index in [0.29, 0.717) is 27.4 Å². The summed E-state index contributed by atoms with van der Waals surface area (Å²) in [6.07, 6.45) is 3.17. The van der Waals surface area contributed by atoms with Crippen LogP contribution in [-0.4, -0.2) is 20.9 Å². The number of aryl methyl sites for hydroxylation is 1. The van der Waals surface area contributed by atoms with E-state index in [2.05, 4.69) is 15.5 Å². The normalized spacial score (nSPS) is 11.3. The fourth-order valence-electron chi connectivity index (χ4n) is 2.81. The summed E-state index contributed by atoms with van der Waals surface area (Å²) in [6, 6.07) is 16.7. The Labute approximate surface area is 171 Å². The lowest BCUT2D eigenvalue weighted by molar-refractivity contribution is -0.111. The van der Waals surface area contributed by atoms with Gasteiger partial charge in [-0.15, -0.1) is 10.2 Å². The zero-order valence-electron chi connectivity index (χ0n) is 15.4. The van der Waals surface area contributed by atoms with Gasteiger partial charge in [-0.3, -0.25) is 4.79 Å². The summed E-state index contributed by atoms with van der Waals surface area (Å²) in [5, 5.41) is 12.4. The first-order valence-corrected chi connectivity index (χ1v) is 9.24. The quantitative estimate of drug-likeness (QED) is 0.475. The van der Waals surface area contributed by atoms with Crippen molar-refractivity contribution in [2.45, 2.75) is 6.92 Å². The molecule has 0 aliphatic heterocycles. The third-order valence-corrected chi connectivity index (χ3v) is 4.59. The van der Waals surface area contributed by atoms with Gasteiger partial charge in [0.05, 0.1) is 5.69 Å². The van der Waals surface area contributed by atoms with Crippen LogP contribution in [0.4, 0.5) is 10.1 Å². The molecule has 7 heteroatoms. The lowest BCUT2D eigenvalue weighted by Crippen LogP contribution is -2.08. The molecule has 3 aromatic carbocycles. The van der Waals surface area contributed by atoms with Gasteiger partial charge in [0.2, 0.25) is 5.91 Å². The number of carbonyl (C=O) groups excluding carboxylic acids is 1. The van der Waals surface area contributed by atoms with E-state index in [1.807, 2.05) is 25.1 Å². The second kappa shape index (κ2) is 7.85. The van der Waals surface area contributed by atoms with Gasteiger partial charge in [0.25, 0.3) is 0 Å². The number of carbonyl (C=O) groups is 1. The third kappa shape index (κ3) is 4.33. The molecule has 144 valence electrons. The summed E-state index contributed by atoms with van der Waals surface area (Å²) in [5.41, 5.74) is 4.33. The summed E-state index contributed by atoms with van der Waals surface area (Å²) in [5.74, 6) is -0.578. The number of hydrogen-bond acceptors (Lipinski definition) is 3. The summed E-state index contributed by atoms with van der Waals surface area (Å²) in [6.45, 7) is 1.88. The molecular formula is C22H16ClFN4O. The first-order valence-electron chi connectivity index (χ1n) is 8.86. The maximum atomic E-state index is 13.1. The van der Waals surface area contributed by atoms with Crippen molar-refractivity contribution in [1.82, 2.24) is 15.0 Å². The molecule has 0 bridgehead atoms. The largest absolute Gasteiger partial charge is 0.322 e. The zero-order chi connectivity index (χ0) is 20.4. The minimum atomic E-state index is -0.321. The average molecular weight is 407 g/mol. The molecule has 0 fully saturated rings. The second-order valence-electron chi connectivity index (χ2n) is 6.50. The van der Waals surface area contributed by atoms with Gasteiger partial charge >= 0.3 is 0 Å². The molecule has 4 rings (SSSR count). The SMILES string of the molecule is Cc1cc2nn(-c3ccc(F)cc3)nc2cc1NC(=O)/C=C/c1ccc(Cl)cc1. The summed E-state index contributed by atoms with van der Waals surface area (Å²) < 4.78 is 13.1. The van der Waals surface area contributed by atoms with Crippen LogP contribution >= 0.6 is 11.6 Å². The van der Waals surface area contributed by atoms with Gasteiger partial charge in [-0.1, -0.05) is 23.7 Å². The predicted octanol–water partition coefficient (Wildman–Crippen LogP) is 5.17. The van der Waals surface area contributed by atoms with Crippen LogP contribution < -0.4 is 5.32 Å². The number of nitrogens with one attached hydrogen (secondary N) is 1. The summed E-state index contributed by atoms with van der Waals surface area (Å²) in [7, 11) is 0. The molecule has 0 aliphatic carbocycles. The van der Waals surface area contributed by atoms with E-state index in [9.17, 15) is 9.18 Å². The number of aromatic nitrogens is 3. The second-order valence-corrected chi connectivity index (χ2v) is 6.93. The minimum absolute atomic E-state index is 0.256. The van der Waals surface area contributed by atoms with Crippen molar-refractivity contribution in [3.05, 3.63) is 88.7 Å². The van der Waals surface area contributed by atoms with Crippen molar-refractivity contribution in [2.75, 3.05) is 5.32 Å². The van der Waals surface area contributed by atoms with Crippen LogP contribution in [0.3, 0.4) is 0 Å². The van der Waals surface area contributed by atoms with Gasteiger partial charge in [-0.2, -0.15) is 4.80 Å². The Morgan fingerprint density at radius 3 is 2.38 bits per heavy atom. The zero-order valence-corrected chi connectivity index (χ0v) is 16.2. The van der Waals surface area contributed by atoms with E-state index in [1.165, 1.54) is 23.0 Å². The number of anilines is 1. The number of rotatable bonds is 4. The van der Waals surface area contributed by atoms with Crippen molar-refractivity contribution in [1.29, 1.82) is 0 Å². The third-order valence-electron chi connectivity index (χ3n) is 4.34. The number of hydrogen-bond donors (Lipinski definition) is 1. The molecule has 0 radical (unpaired) electrons. The number of halogens is 2. The molecule has 1 amide bonds. The van der Waals surface area contributed by atoms with E-state index in [4.69, 9.17) is 11.6 Å². The highest BCUT2D eigenvalue weighted by atomic mass is 35.5. The smallest absolute Gasteiger partial charge is 0.248 e. The molecule has 1 heterocycles. The standard InChI is InChI=1S/C22H16ClFN4O/c1-14-12-20-21(27-28(26-20)18-9-7-17(24)8-10-18)13-19(14)25-22(29)11-4-15-2-5-16(23)6-3-15/h2-13H,1H3,(H,25,29)/b11-4+. The Hall–Kier alpha value is -3.51. The van der Waals surface area contributed by atoms with Crippen LogP contribution in [0.1, 0.15) is 11.1 Å². The van der Waals surface area contributed by atoms with Crippen molar-refractivity contribution in [3.8, 4) is 5.69 Å². The van der Waals surface area contributed by atoms with Crippen molar-refractivity contribution in [2.24, 2.45) is 0 Å². The number of fused-ring (bicyclic) bond motifs is 1. The summed E-state index contributed by atoms with van der Waals surface area (Å²) in [4.78, 5) is 13.7. The minimum Gasteiger partial charge on any atom is -0.322 e.